The molecule has 0 heterocycles. The van der Waals surface area contributed by atoms with Crippen molar-refractivity contribution >= 4 is 22.7 Å². The van der Waals surface area contributed by atoms with Crippen molar-refractivity contribution in [2.24, 2.45) is 0 Å². The van der Waals surface area contributed by atoms with Crippen molar-refractivity contribution in [1.29, 1.82) is 0 Å². The van der Waals surface area contributed by atoms with Crippen LogP contribution in [0, 0.1) is 0 Å². The molecule has 0 saturated carbocycles. The third-order valence-electron chi connectivity index (χ3n) is 3.65. The van der Waals surface area contributed by atoms with Gasteiger partial charge in [-0.2, -0.15) is 13.2 Å². The second-order valence-electron chi connectivity index (χ2n) is 5.59. The van der Waals surface area contributed by atoms with Gasteiger partial charge in [0.15, 0.2) is 0 Å². The number of carbonyl (C=O) groups excluding carboxylic acids is 1. The predicted octanol–water partition coefficient (Wildman–Crippen LogP) is 3.09. The van der Waals surface area contributed by atoms with Crippen molar-refractivity contribution in [2.45, 2.75) is 23.5 Å². The van der Waals surface area contributed by atoms with Gasteiger partial charge in [-0.05, 0) is 36.8 Å². The summed E-state index contributed by atoms with van der Waals surface area (Å²) in [7, 11) is -1.46. The summed E-state index contributed by atoms with van der Waals surface area (Å²) in [4.78, 5) is 24.0. The van der Waals surface area contributed by atoms with Gasteiger partial charge in [-0.3, -0.25) is 9.00 Å². The average molecular weight is 399 g/mol. The van der Waals surface area contributed by atoms with Crippen molar-refractivity contribution in [2.75, 3.05) is 5.75 Å². The predicted molar refractivity (Wildman–Crippen MR) is 92.7 cm³/mol. The first-order valence-electron chi connectivity index (χ1n) is 7.83. The summed E-state index contributed by atoms with van der Waals surface area (Å²) < 4.78 is 50.4. The molecular formula is C18H16F3NO4S. The van der Waals surface area contributed by atoms with Crippen molar-refractivity contribution < 1.29 is 32.1 Å². The zero-order chi connectivity index (χ0) is 20.0. The van der Waals surface area contributed by atoms with E-state index in [1.807, 2.05) is 0 Å². The molecular weight excluding hydrogens is 383 g/mol. The minimum Gasteiger partial charge on any atom is -0.480 e. The van der Waals surface area contributed by atoms with Crippen LogP contribution in [-0.2, 0) is 21.8 Å². The maximum absolute atomic E-state index is 12.7. The lowest BCUT2D eigenvalue weighted by atomic mass is 10.1. The number of nitrogens with one attached hydrogen (secondary N) is 1. The van der Waals surface area contributed by atoms with E-state index in [0.29, 0.717) is 11.0 Å². The summed E-state index contributed by atoms with van der Waals surface area (Å²) in [5.41, 5.74) is -1.31. The van der Waals surface area contributed by atoms with Gasteiger partial charge in [0, 0.05) is 16.2 Å². The molecule has 1 amide bonds. The second kappa shape index (κ2) is 8.81. The van der Waals surface area contributed by atoms with E-state index in [-0.39, 0.29) is 17.7 Å². The fraction of sp³-hybridized carbons (Fsp3) is 0.222. The Balaban J connectivity index is 2.04. The molecule has 0 unspecified atom stereocenters. The third-order valence-corrected chi connectivity index (χ3v) is 5.06. The molecule has 27 heavy (non-hydrogen) atoms. The van der Waals surface area contributed by atoms with E-state index in [1.165, 1.54) is 0 Å². The Labute approximate surface area is 155 Å². The quantitative estimate of drug-likeness (QED) is 0.750. The molecule has 0 aromatic heterocycles. The molecule has 0 aliphatic carbocycles. The SMILES string of the molecule is O=C(N[C@@H](CC[S@@](=O)c1ccccc1)C(=O)O)c1cccc(C(F)(F)F)c1. The van der Waals surface area contributed by atoms with Gasteiger partial charge in [0.1, 0.15) is 6.04 Å². The van der Waals surface area contributed by atoms with Crippen LogP contribution >= 0.6 is 0 Å². The fourth-order valence-electron chi connectivity index (χ4n) is 2.25. The van der Waals surface area contributed by atoms with Crippen molar-refractivity contribution in [3.63, 3.8) is 0 Å². The van der Waals surface area contributed by atoms with Crippen molar-refractivity contribution in [3.8, 4) is 0 Å². The Bertz CT molecular complexity index is 840. The fourth-order valence-corrected chi connectivity index (χ4v) is 3.40. The monoisotopic (exact) mass is 399 g/mol. The Morgan fingerprint density at radius 1 is 1.07 bits per heavy atom. The van der Waals surface area contributed by atoms with E-state index >= 15 is 0 Å². The first kappa shape index (κ1) is 20.6. The summed E-state index contributed by atoms with van der Waals surface area (Å²) >= 11 is 0. The third kappa shape index (κ3) is 5.92. The normalized spacial score (nSPS) is 13.6. The number of halogens is 3. The molecule has 0 radical (unpaired) electrons. The lowest BCUT2D eigenvalue weighted by Gasteiger charge is -2.15. The highest BCUT2D eigenvalue weighted by atomic mass is 32.2. The Morgan fingerprint density at radius 2 is 1.74 bits per heavy atom. The second-order valence-corrected chi connectivity index (χ2v) is 7.16. The van der Waals surface area contributed by atoms with Gasteiger partial charge in [0.2, 0.25) is 0 Å². The zero-order valence-corrected chi connectivity index (χ0v) is 14.7. The number of rotatable bonds is 7. The minimum absolute atomic E-state index is 0.0240. The van der Waals surface area contributed by atoms with Crippen LogP contribution in [0.5, 0.6) is 0 Å². The maximum Gasteiger partial charge on any atom is 0.416 e. The lowest BCUT2D eigenvalue weighted by molar-refractivity contribution is -0.139. The van der Waals surface area contributed by atoms with Crippen LogP contribution in [0.3, 0.4) is 0 Å². The molecule has 0 fully saturated rings. The van der Waals surface area contributed by atoms with Gasteiger partial charge >= 0.3 is 12.1 Å². The molecule has 2 aromatic carbocycles. The minimum atomic E-state index is -4.62. The topological polar surface area (TPSA) is 83.5 Å². The van der Waals surface area contributed by atoms with Gasteiger partial charge < -0.3 is 10.4 Å². The van der Waals surface area contributed by atoms with E-state index in [4.69, 9.17) is 0 Å². The molecule has 2 atom stereocenters. The van der Waals surface area contributed by atoms with Crippen LogP contribution in [0.2, 0.25) is 0 Å². The van der Waals surface area contributed by atoms with E-state index in [1.54, 1.807) is 30.3 Å². The number of carboxylic acids is 1. The zero-order valence-electron chi connectivity index (χ0n) is 13.9. The lowest BCUT2D eigenvalue weighted by Crippen LogP contribution is -2.41. The molecule has 2 aromatic rings. The van der Waals surface area contributed by atoms with Gasteiger partial charge in [-0.25, -0.2) is 4.79 Å². The molecule has 0 saturated heterocycles. The number of carbonyl (C=O) groups is 2. The molecule has 0 aliphatic heterocycles. The molecule has 2 rings (SSSR count). The van der Waals surface area contributed by atoms with Crippen LogP contribution in [0.25, 0.3) is 0 Å². The van der Waals surface area contributed by atoms with Gasteiger partial charge in [0.05, 0.1) is 16.4 Å². The van der Waals surface area contributed by atoms with Gasteiger partial charge in [-0.1, -0.05) is 24.3 Å². The summed E-state index contributed by atoms with van der Waals surface area (Å²) in [6.07, 6.45) is -4.75. The molecule has 0 spiro atoms. The summed E-state index contributed by atoms with van der Waals surface area (Å²) in [6, 6.07) is 10.7. The largest absolute Gasteiger partial charge is 0.480 e. The highest BCUT2D eigenvalue weighted by Crippen LogP contribution is 2.29. The number of hydrogen-bond acceptors (Lipinski definition) is 3. The average Bonchev–Trinajstić information content (AvgIpc) is 2.64. The number of amides is 1. The standard InChI is InChI=1S/C18H16F3NO4S/c19-18(20,21)13-6-4-5-12(11-13)16(23)22-15(17(24)25)9-10-27(26)14-7-2-1-3-8-14/h1-8,11,15H,9-10H2,(H,22,23)(H,24,25)/t15-,27+/m0/s1. The first-order valence-corrected chi connectivity index (χ1v) is 9.14. The highest BCUT2D eigenvalue weighted by molar-refractivity contribution is 7.85. The van der Waals surface area contributed by atoms with E-state index in [0.717, 1.165) is 18.2 Å². The van der Waals surface area contributed by atoms with Gasteiger partial charge in [-0.15, -0.1) is 0 Å². The van der Waals surface area contributed by atoms with Crippen LogP contribution < -0.4 is 5.32 Å². The number of hydrogen-bond donors (Lipinski definition) is 2. The number of benzene rings is 2. The molecule has 0 bridgehead atoms. The number of aliphatic carboxylic acids is 1. The van der Waals surface area contributed by atoms with Gasteiger partial charge in [0.25, 0.3) is 5.91 Å². The van der Waals surface area contributed by atoms with E-state index in [9.17, 15) is 32.1 Å². The summed E-state index contributed by atoms with van der Waals surface area (Å²) in [5.74, 6) is -2.33. The highest BCUT2D eigenvalue weighted by Gasteiger charge is 2.31. The smallest absolute Gasteiger partial charge is 0.416 e. The van der Waals surface area contributed by atoms with Crippen LogP contribution in [0.4, 0.5) is 13.2 Å². The van der Waals surface area contributed by atoms with Crippen molar-refractivity contribution in [1.82, 2.24) is 5.32 Å². The molecule has 144 valence electrons. The number of alkyl halides is 3. The molecule has 9 heteroatoms. The molecule has 0 aliphatic rings. The Morgan fingerprint density at radius 3 is 2.33 bits per heavy atom. The first-order chi connectivity index (χ1) is 12.7. The maximum atomic E-state index is 12.7. The number of carboxylic acid groups (broad SMARTS) is 1. The molecule has 2 N–H and O–H groups in total. The molecule has 5 nitrogen and oxygen atoms in total. The Hall–Kier alpha value is -2.68. The Kier molecular flexibility index (Phi) is 6.73. The van der Waals surface area contributed by atoms with Crippen LogP contribution in [0.1, 0.15) is 22.3 Å². The summed E-state index contributed by atoms with van der Waals surface area (Å²) in [6.45, 7) is 0. The van der Waals surface area contributed by atoms with Crippen molar-refractivity contribution in [3.05, 3.63) is 65.7 Å². The van der Waals surface area contributed by atoms with E-state index in [2.05, 4.69) is 5.32 Å². The van der Waals surface area contributed by atoms with Crippen LogP contribution in [-0.4, -0.2) is 33.0 Å². The van der Waals surface area contributed by atoms with E-state index < -0.39 is 40.5 Å². The summed E-state index contributed by atoms with van der Waals surface area (Å²) in [5, 5.41) is 11.4. The van der Waals surface area contributed by atoms with Crippen LogP contribution in [0.15, 0.2) is 59.5 Å².